The van der Waals surface area contributed by atoms with Gasteiger partial charge in [-0.15, -0.1) is 0 Å². The standard InChI is InChI=1S/C15H22FNO3/c1-5-20-15(18)8-11(2)17(3)10-12-6-7-14(19-4)13(16)9-12/h6-7,9,11H,5,8,10H2,1-4H3. The quantitative estimate of drug-likeness (QED) is 0.721. The minimum atomic E-state index is -0.378. The molecule has 0 aromatic heterocycles. The third-order valence-corrected chi connectivity index (χ3v) is 3.17. The molecule has 0 heterocycles. The van der Waals surface area contributed by atoms with Crippen LogP contribution in [-0.2, 0) is 16.1 Å². The number of esters is 1. The van der Waals surface area contributed by atoms with Crippen LogP contribution < -0.4 is 4.74 Å². The fourth-order valence-electron chi connectivity index (χ4n) is 1.87. The van der Waals surface area contributed by atoms with Crippen molar-refractivity contribution < 1.29 is 18.7 Å². The molecule has 4 nitrogen and oxygen atoms in total. The van der Waals surface area contributed by atoms with Crippen LogP contribution in [0.1, 0.15) is 25.8 Å². The molecule has 1 unspecified atom stereocenters. The Kier molecular flexibility index (Phi) is 6.45. The zero-order chi connectivity index (χ0) is 15.1. The van der Waals surface area contributed by atoms with Gasteiger partial charge in [0.15, 0.2) is 11.6 Å². The molecule has 1 aromatic carbocycles. The Morgan fingerprint density at radius 3 is 2.70 bits per heavy atom. The lowest BCUT2D eigenvalue weighted by Crippen LogP contribution is -2.31. The Morgan fingerprint density at radius 2 is 2.15 bits per heavy atom. The molecule has 5 heteroatoms. The van der Waals surface area contributed by atoms with E-state index in [0.717, 1.165) is 5.56 Å². The first kappa shape index (κ1) is 16.4. The van der Waals surface area contributed by atoms with Gasteiger partial charge in [-0.3, -0.25) is 9.69 Å². The first-order chi connectivity index (χ1) is 9.47. The lowest BCUT2D eigenvalue weighted by Gasteiger charge is -2.24. The van der Waals surface area contributed by atoms with E-state index in [1.165, 1.54) is 13.2 Å². The van der Waals surface area contributed by atoms with Crippen LogP contribution in [-0.4, -0.2) is 37.7 Å². The number of ether oxygens (including phenoxy) is 2. The Bertz CT molecular complexity index is 451. The summed E-state index contributed by atoms with van der Waals surface area (Å²) < 4.78 is 23.4. The maximum absolute atomic E-state index is 13.6. The van der Waals surface area contributed by atoms with Crippen molar-refractivity contribution in [3.63, 3.8) is 0 Å². The van der Waals surface area contributed by atoms with Gasteiger partial charge in [-0.25, -0.2) is 4.39 Å². The smallest absolute Gasteiger partial charge is 0.307 e. The number of carbonyl (C=O) groups is 1. The number of hydrogen-bond donors (Lipinski definition) is 0. The predicted molar refractivity (Wildman–Crippen MR) is 75.1 cm³/mol. The van der Waals surface area contributed by atoms with Gasteiger partial charge in [-0.2, -0.15) is 0 Å². The van der Waals surface area contributed by atoms with Gasteiger partial charge >= 0.3 is 5.97 Å². The third-order valence-electron chi connectivity index (χ3n) is 3.17. The molecule has 0 bridgehead atoms. The van der Waals surface area contributed by atoms with E-state index in [4.69, 9.17) is 9.47 Å². The molecule has 112 valence electrons. The molecule has 1 aromatic rings. The number of rotatable bonds is 7. The van der Waals surface area contributed by atoms with E-state index in [2.05, 4.69) is 0 Å². The number of halogens is 1. The average Bonchev–Trinajstić information content (AvgIpc) is 2.39. The summed E-state index contributed by atoms with van der Waals surface area (Å²) in [5.74, 6) is -0.361. The Labute approximate surface area is 119 Å². The molecule has 0 saturated heterocycles. The topological polar surface area (TPSA) is 38.8 Å². The van der Waals surface area contributed by atoms with Gasteiger partial charge in [0.05, 0.1) is 20.1 Å². The summed E-state index contributed by atoms with van der Waals surface area (Å²) in [6, 6.07) is 4.90. The van der Waals surface area contributed by atoms with Crippen LogP contribution in [0.15, 0.2) is 18.2 Å². The van der Waals surface area contributed by atoms with Crippen LogP contribution in [0.5, 0.6) is 5.75 Å². The van der Waals surface area contributed by atoms with Crippen LogP contribution in [0, 0.1) is 5.82 Å². The van der Waals surface area contributed by atoms with E-state index < -0.39 is 0 Å². The summed E-state index contributed by atoms with van der Waals surface area (Å²) in [6.07, 6.45) is 0.322. The Hall–Kier alpha value is -1.62. The van der Waals surface area contributed by atoms with E-state index >= 15 is 0 Å². The molecule has 1 rings (SSSR count). The SMILES string of the molecule is CCOC(=O)CC(C)N(C)Cc1ccc(OC)c(F)c1. The predicted octanol–water partition coefficient (Wildman–Crippen LogP) is 2.61. The van der Waals surface area contributed by atoms with Crippen molar-refractivity contribution in [2.75, 3.05) is 20.8 Å². The van der Waals surface area contributed by atoms with Gasteiger partial charge in [0.1, 0.15) is 0 Å². The molecule has 0 saturated carbocycles. The minimum Gasteiger partial charge on any atom is -0.494 e. The van der Waals surface area contributed by atoms with Gasteiger partial charge < -0.3 is 9.47 Å². The number of nitrogens with zero attached hydrogens (tertiary/aromatic N) is 1. The highest BCUT2D eigenvalue weighted by Gasteiger charge is 2.15. The summed E-state index contributed by atoms with van der Waals surface area (Å²) in [5, 5.41) is 0. The van der Waals surface area contributed by atoms with Crippen molar-refractivity contribution in [2.45, 2.75) is 32.9 Å². The van der Waals surface area contributed by atoms with Gasteiger partial charge in [0.25, 0.3) is 0 Å². The third kappa shape index (κ3) is 4.81. The van der Waals surface area contributed by atoms with E-state index in [-0.39, 0.29) is 23.6 Å². The van der Waals surface area contributed by atoms with Crippen molar-refractivity contribution in [3.05, 3.63) is 29.6 Å². The lowest BCUT2D eigenvalue weighted by molar-refractivity contribution is -0.144. The lowest BCUT2D eigenvalue weighted by atomic mass is 10.1. The van der Waals surface area contributed by atoms with E-state index in [1.54, 1.807) is 13.0 Å². The van der Waals surface area contributed by atoms with Gasteiger partial charge in [-0.1, -0.05) is 6.07 Å². The fraction of sp³-hybridized carbons (Fsp3) is 0.533. The fourth-order valence-corrected chi connectivity index (χ4v) is 1.87. The first-order valence-corrected chi connectivity index (χ1v) is 6.66. The first-order valence-electron chi connectivity index (χ1n) is 6.66. The van der Waals surface area contributed by atoms with Gasteiger partial charge in [0, 0.05) is 12.6 Å². The average molecular weight is 283 g/mol. The monoisotopic (exact) mass is 283 g/mol. The van der Waals surface area contributed by atoms with Crippen LogP contribution in [0.3, 0.4) is 0 Å². The van der Waals surface area contributed by atoms with Crippen molar-refractivity contribution in [3.8, 4) is 5.75 Å². The number of hydrogen-bond acceptors (Lipinski definition) is 4. The van der Waals surface area contributed by atoms with Gasteiger partial charge in [-0.05, 0) is 38.6 Å². The molecule has 0 N–H and O–H groups in total. The number of methoxy groups -OCH3 is 1. The second-order valence-corrected chi connectivity index (χ2v) is 4.74. The summed E-state index contributed by atoms with van der Waals surface area (Å²) in [6.45, 7) is 4.67. The Balaban J connectivity index is 2.58. The number of carbonyl (C=O) groups excluding carboxylic acids is 1. The second kappa shape index (κ2) is 7.85. The molecule has 0 spiro atoms. The highest BCUT2D eigenvalue weighted by atomic mass is 19.1. The normalized spacial score (nSPS) is 12.3. The summed E-state index contributed by atoms with van der Waals surface area (Å²) >= 11 is 0. The summed E-state index contributed by atoms with van der Waals surface area (Å²) in [4.78, 5) is 13.4. The van der Waals surface area contributed by atoms with Crippen molar-refractivity contribution in [1.82, 2.24) is 4.90 Å². The van der Waals surface area contributed by atoms with Crippen LogP contribution in [0.25, 0.3) is 0 Å². The molecule has 0 aliphatic heterocycles. The van der Waals surface area contributed by atoms with E-state index in [0.29, 0.717) is 19.6 Å². The maximum atomic E-state index is 13.6. The minimum absolute atomic E-state index is 0.0270. The molecule has 0 radical (unpaired) electrons. The summed E-state index contributed by atoms with van der Waals surface area (Å²) in [5.41, 5.74) is 0.835. The van der Waals surface area contributed by atoms with E-state index in [1.807, 2.05) is 24.9 Å². The van der Waals surface area contributed by atoms with Crippen LogP contribution >= 0.6 is 0 Å². The zero-order valence-corrected chi connectivity index (χ0v) is 12.5. The number of benzene rings is 1. The molecule has 0 aliphatic rings. The van der Waals surface area contributed by atoms with Crippen molar-refractivity contribution >= 4 is 5.97 Å². The van der Waals surface area contributed by atoms with Crippen molar-refractivity contribution in [1.29, 1.82) is 0 Å². The molecular weight excluding hydrogens is 261 g/mol. The van der Waals surface area contributed by atoms with Crippen molar-refractivity contribution in [2.24, 2.45) is 0 Å². The summed E-state index contributed by atoms with van der Waals surface area (Å²) in [7, 11) is 3.33. The molecule has 20 heavy (non-hydrogen) atoms. The highest BCUT2D eigenvalue weighted by molar-refractivity contribution is 5.70. The molecule has 0 aliphatic carbocycles. The van der Waals surface area contributed by atoms with Gasteiger partial charge in [0.2, 0.25) is 0 Å². The molecule has 0 fully saturated rings. The second-order valence-electron chi connectivity index (χ2n) is 4.74. The van der Waals surface area contributed by atoms with E-state index in [9.17, 15) is 9.18 Å². The van der Waals surface area contributed by atoms with Crippen LogP contribution in [0.4, 0.5) is 4.39 Å². The Morgan fingerprint density at radius 1 is 1.45 bits per heavy atom. The van der Waals surface area contributed by atoms with Crippen LogP contribution in [0.2, 0.25) is 0 Å². The molecule has 1 atom stereocenters. The molecular formula is C15H22FNO3. The highest BCUT2D eigenvalue weighted by Crippen LogP contribution is 2.19. The largest absolute Gasteiger partial charge is 0.494 e. The zero-order valence-electron chi connectivity index (χ0n) is 12.5. The maximum Gasteiger partial charge on any atom is 0.307 e. The molecule has 0 amide bonds.